The molecular weight excluding hydrogens is 360 g/mol. The molecule has 2 atom stereocenters. The number of ether oxygens (including phenoxy) is 1. The van der Waals surface area contributed by atoms with E-state index >= 15 is 0 Å². The van der Waals surface area contributed by atoms with E-state index < -0.39 is 0 Å². The van der Waals surface area contributed by atoms with Gasteiger partial charge in [-0.3, -0.25) is 9.89 Å². The minimum atomic E-state index is -0.340. The van der Waals surface area contributed by atoms with Crippen LogP contribution in [0.4, 0.5) is 4.79 Å². The first kappa shape index (κ1) is 19.4. The third-order valence-corrected chi connectivity index (χ3v) is 5.98. The van der Waals surface area contributed by atoms with Gasteiger partial charge in [0.1, 0.15) is 12.4 Å². The number of allylic oxidation sites excluding steroid dienone is 1. The van der Waals surface area contributed by atoms with Crippen LogP contribution >= 0.6 is 0 Å². The summed E-state index contributed by atoms with van der Waals surface area (Å²) < 4.78 is 5.75. The van der Waals surface area contributed by atoms with Crippen molar-refractivity contribution in [2.75, 3.05) is 0 Å². The Morgan fingerprint density at radius 2 is 1.76 bits per heavy atom. The van der Waals surface area contributed by atoms with Crippen molar-refractivity contribution in [1.82, 2.24) is 4.90 Å². The van der Waals surface area contributed by atoms with E-state index in [1.807, 2.05) is 60.7 Å². The summed E-state index contributed by atoms with van der Waals surface area (Å²) in [6, 6.07) is 19.7. The lowest BCUT2D eigenvalue weighted by molar-refractivity contribution is 0.0853. The van der Waals surface area contributed by atoms with Crippen LogP contribution in [0.3, 0.4) is 0 Å². The SMILES string of the molecule is CC1=C[C@H]2[C@@H](CC1)C(C)(C)N=C(c1ccccc1)N2C(=O)OCc1ccccc1. The Bertz CT molecular complexity index is 932. The molecule has 0 saturated carbocycles. The van der Waals surface area contributed by atoms with Crippen LogP contribution in [-0.2, 0) is 11.3 Å². The van der Waals surface area contributed by atoms with Gasteiger partial charge in [-0.25, -0.2) is 4.79 Å². The lowest BCUT2D eigenvalue weighted by Gasteiger charge is -2.48. The molecule has 0 fully saturated rings. The average Bonchev–Trinajstić information content (AvgIpc) is 2.72. The summed E-state index contributed by atoms with van der Waals surface area (Å²) in [5, 5.41) is 0. The van der Waals surface area contributed by atoms with Crippen molar-refractivity contribution >= 4 is 11.9 Å². The number of hydrogen-bond donors (Lipinski definition) is 0. The minimum absolute atomic E-state index is 0.0465. The minimum Gasteiger partial charge on any atom is -0.444 e. The summed E-state index contributed by atoms with van der Waals surface area (Å²) in [4.78, 5) is 20.2. The summed E-state index contributed by atoms with van der Waals surface area (Å²) in [6.45, 7) is 6.75. The lowest BCUT2D eigenvalue weighted by Crippen LogP contribution is -2.58. The number of aliphatic imine (C=N–C) groups is 1. The second-order valence-electron chi connectivity index (χ2n) is 8.51. The second-order valence-corrected chi connectivity index (χ2v) is 8.51. The molecule has 4 heteroatoms. The van der Waals surface area contributed by atoms with Crippen molar-refractivity contribution in [3.63, 3.8) is 0 Å². The Morgan fingerprint density at radius 3 is 2.45 bits per heavy atom. The average molecular weight is 389 g/mol. The first-order valence-electron chi connectivity index (χ1n) is 10.3. The first-order valence-corrected chi connectivity index (χ1v) is 10.3. The van der Waals surface area contributed by atoms with Crippen molar-refractivity contribution in [3.8, 4) is 0 Å². The number of nitrogens with zero attached hydrogens (tertiary/aromatic N) is 2. The number of hydrogen-bond acceptors (Lipinski definition) is 3. The molecule has 0 unspecified atom stereocenters. The topological polar surface area (TPSA) is 41.9 Å². The Labute approximate surface area is 172 Å². The van der Waals surface area contributed by atoms with E-state index in [0.717, 1.165) is 24.0 Å². The Hall–Kier alpha value is -2.88. The van der Waals surface area contributed by atoms with Crippen molar-refractivity contribution in [2.45, 2.75) is 51.8 Å². The Balaban J connectivity index is 1.71. The number of rotatable bonds is 3. The third kappa shape index (κ3) is 3.98. The zero-order valence-corrected chi connectivity index (χ0v) is 17.3. The van der Waals surface area contributed by atoms with Gasteiger partial charge in [-0.2, -0.15) is 0 Å². The molecule has 0 radical (unpaired) electrons. The van der Waals surface area contributed by atoms with E-state index in [0.29, 0.717) is 5.84 Å². The van der Waals surface area contributed by atoms with Crippen LogP contribution in [0.15, 0.2) is 77.3 Å². The molecule has 1 aliphatic heterocycles. The van der Waals surface area contributed by atoms with Gasteiger partial charge in [0, 0.05) is 11.5 Å². The van der Waals surface area contributed by atoms with Gasteiger partial charge in [0.2, 0.25) is 0 Å². The van der Waals surface area contributed by atoms with Gasteiger partial charge in [-0.15, -0.1) is 0 Å². The van der Waals surface area contributed by atoms with E-state index in [2.05, 4.69) is 26.8 Å². The molecule has 150 valence electrons. The molecule has 0 spiro atoms. The normalized spacial score (nSPS) is 22.9. The maximum atomic E-state index is 13.3. The van der Waals surface area contributed by atoms with Crippen molar-refractivity contribution < 1.29 is 9.53 Å². The predicted octanol–water partition coefficient (Wildman–Crippen LogP) is 5.59. The molecule has 29 heavy (non-hydrogen) atoms. The molecule has 2 aliphatic rings. The van der Waals surface area contributed by atoms with E-state index in [9.17, 15) is 4.79 Å². The number of carbonyl (C=O) groups is 1. The summed E-state index contributed by atoms with van der Waals surface area (Å²) in [5.41, 5.74) is 2.98. The Morgan fingerprint density at radius 1 is 1.10 bits per heavy atom. The zero-order valence-electron chi connectivity index (χ0n) is 17.3. The quantitative estimate of drug-likeness (QED) is 0.643. The highest BCUT2D eigenvalue weighted by Crippen LogP contribution is 2.41. The van der Waals surface area contributed by atoms with E-state index in [4.69, 9.17) is 9.73 Å². The predicted molar refractivity (Wildman–Crippen MR) is 116 cm³/mol. The number of amides is 1. The summed E-state index contributed by atoms with van der Waals surface area (Å²) >= 11 is 0. The van der Waals surface area contributed by atoms with Crippen LogP contribution in [0, 0.1) is 5.92 Å². The third-order valence-electron chi connectivity index (χ3n) is 5.98. The van der Waals surface area contributed by atoms with Gasteiger partial charge < -0.3 is 4.74 Å². The van der Waals surface area contributed by atoms with Crippen molar-refractivity contribution in [2.24, 2.45) is 10.9 Å². The number of amidine groups is 1. The molecule has 2 aromatic rings. The molecule has 0 N–H and O–H groups in total. The van der Waals surface area contributed by atoms with Gasteiger partial charge >= 0.3 is 6.09 Å². The molecular formula is C25H28N2O2. The van der Waals surface area contributed by atoms with Gasteiger partial charge in [0.05, 0.1) is 11.6 Å². The fraction of sp³-hybridized carbons (Fsp3) is 0.360. The molecule has 4 rings (SSSR count). The smallest absolute Gasteiger partial charge is 0.416 e. The largest absolute Gasteiger partial charge is 0.444 e. The molecule has 1 aliphatic carbocycles. The number of fused-ring (bicyclic) bond motifs is 1. The molecule has 1 amide bonds. The lowest BCUT2D eigenvalue weighted by atomic mass is 9.72. The van der Waals surface area contributed by atoms with E-state index in [1.54, 1.807) is 4.90 Å². The van der Waals surface area contributed by atoms with Crippen LogP contribution in [0.1, 0.15) is 44.7 Å². The zero-order chi connectivity index (χ0) is 20.4. The summed E-state index contributed by atoms with van der Waals surface area (Å²) in [6.07, 6.45) is 3.96. The second kappa shape index (κ2) is 7.86. The van der Waals surface area contributed by atoms with Gasteiger partial charge in [0.15, 0.2) is 0 Å². The van der Waals surface area contributed by atoms with Crippen LogP contribution in [0.5, 0.6) is 0 Å². The molecule has 4 nitrogen and oxygen atoms in total. The van der Waals surface area contributed by atoms with Gasteiger partial charge in [-0.1, -0.05) is 72.3 Å². The van der Waals surface area contributed by atoms with Crippen LogP contribution in [0.25, 0.3) is 0 Å². The molecule has 0 saturated heterocycles. The first-order chi connectivity index (χ1) is 14.0. The number of benzene rings is 2. The molecule has 1 heterocycles. The van der Waals surface area contributed by atoms with Gasteiger partial charge in [-0.05, 0) is 39.2 Å². The van der Waals surface area contributed by atoms with Crippen LogP contribution in [-0.4, -0.2) is 28.4 Å². The molecule has 2 aromatic carbocycles. The maximum Gasteiger partial charge on any atom is 0.416 e. The highest BCUT2D eigenvalue weighted by Gasteiger charge is 2.47. The standard InChI is InChI=1S/C25H28N2O2/c1-18-14-15-21-22(16-18)27(24(28)29-17-19-10-6-4-7-11-19)23(26-25(21,2)3)20-12-8-5-9-13-20/h4-13,16,21-22H,14-15,17H2,1-3H3/t21-,22+/m1/s1. The van der Waals surface area contributed by atoms with E-state index in [-0.39, 0.29) is 30.2 Å². The monoisotopic (exact) mass is 388 g/mol. The van der Waals surface area contributed by atoms with Crippen LogP contribution in [0.2, 0.25) is 0 Å². The molecule has 0 bridgehead atoms. The van der Waals surface area contributed by atoms with Crippen LogP contribution < -0.4 is 0 Å². The fourth-order valence-electron chi connectivity index (χ4n) is 4.41. The van der Waals surface area contributed by atoms with Crippen molar-refractivity contribution in [1.29, 1.82) is 0 Å². The van der Waals surface area contributed by atoms with Crippen molar-refractivity contribution in [3.05, 3.63) is 83.4 Å². The summed E-state index contributed by atoms with van der Waals surface area (Å²) in [7, 11) is 0. The van der Waals surface area contributed by atoms with E-state index in [1.165, 1.54) is 5.57 Å². The summed E-state index contributed by atoms with van der Waals surface area (Å²) in [5.74, 6) is 0.962. The van der Waals surface area contributed by atoms with Gasteiger partial charge in [0.25, 0.3) is 0 Å². The maximum absolute atomic E-state index is 13.3. The highest BCUT2D eigenvalue weighted by molar-refractivity contribution is 6.07. The fourth-order valence-corrected chi connectivity index (χ4v) is 4.41. The number of carbonyl (C=O) groups excluding carboxylic acids is 1. The molecule has 0 aromatic heterocycles. The Kier molecular flexibility index (Phi) is 5.27. The highest BCUT2D eigenvalue weighted by atomic mass is 16.6.